The standard InChI is InChI=1S/C21H28N4O3/c1-13(26)25-14(11-21(2)17(25)9-5-6-10-18(21)27)12-22-20(28)19-15-7-3-4-8-16(15)23-24-19/h3-4,7-8,14,17-18,27H,5-6,9-12H2,1-2H3,(H,22,28)(H,23,24)/t14-,17-,18+,21-/m1/s1. The Morgan fingerprint density at radius 3 is 2.86 bits per heavy atom. The maximum absolute atomic E-state index is 12.7. The SMILES string of the molecule is CC(=O)N1[C@@H](CNC(=O)c2n[nH]c3ccccc23)C[C@@]2(C)[C@@H](O)CCCC[C@@H]12. The van der Waals surface area contributed by atoms with Crippen LogP contribution in [-0.2, 0) is 4.79 Å². The first kappa shape index (κ1) is 18.9. The maximum Gasteiger partial charge on any atom is 0.272 e. The number of rotatable bonds is 3. The molecule has 1 aromatic carbocycles. The Morgan fingerprint density at radius 1 is 1.32 bits per heavy atom. The van der Waals surface area contributed by atoms with Gasteiger partial charge in [-0.1, -0.05) is 38.0 Å². The van der Waals surface area contributed by atoms with Crippen molar-refractivity contribution in [3.8, 4) is 0 Å². The van der Waals surface area contributed by atoms with Crippen molar-refractivity contribution in [1.29, 1.82) is 0 Å². The third kappa shape index (κ3) is 3.07. The molecule has 2 amide bonds. The summed E-state index contributed by atoms with van der Waals surface area (Å²) in [5.74, 6) is -0.244. The molecule has 28 heavy (non-hydrogen) atoms. The van der Waals surface area contributed by atoms with Crippen LogP contribution in [0.4, 0.5) is 0 Å². The van der Waals surface area contributed by atoms with E-state index in [0.717, 1.165) is 36.6 Å². The number of nitrogens with one attached hydrogen (secondary N) is 2. The van der Waals surface area contributed by atoms with Crippen LogP contribution in [0.3, 0.4) is 0 Å². The first-order chi connectivity index (χ1) is 13.4. The van der Waals surface area contributed by atoms with Crippen LogP contribution in [0.25, 0.3) is 10.9 Å². The summed E-state index contributed by atoms with van der Waals surface area (Å²) >= 11 is 0. The summed E-state index contributed by atoms with van der Waals surface area (Å²) in [6.07, 6.45) is 3.96. The lowest BCUT2D eigenvalue weighted by Gasteiger charge is -2.37. The number of aliphatic hydroxyl groups excluding tert-OH is 1. The number of nitrogens with zero attached hydrogens (tertiary/aromatic N) is 2. The van der Waals surface area contributed by atoms with Crippen molar-refractivity contribution in [1.82, 2.24) is 20.4 Å². The van der Waals surface area contributed by atoms with Gasteiger partial charge in [0.05, 0.1) is 17.7 Å². The monoisotopic (exact) mass is 384 g/mol. The zero-order valence-electron chi connectivity index (χ0n) is 16.4. The molecule has 7 nitrogen and oxygen atoms in total. The molecule has 2 aliphatic rings. The number of aromatic amines is 1. The molecule has 2 heterocycles. The molecule has 1 saturated carbocycles. The second kappa shape index (κ2) is 7.20. The molecule has 2 aromatic rings. The molecule has 1 aromatic heterocycles. The van der Waals surface area contributed by atoms with Gasteiger partial charge in [-0.25, -0.2) is 0 Å². The van der Waals surface area contributed by atoms with Gasteiger partial charge in [-0.2, -0.15) is 5.10 Å². The zero-order valence-corrected chi connectivity index (χ0v) is 16.4. The summed E-state index contributed by atoms with van der Waals surface area (Å²) in [5, 5.41) is 21.5. The number of amides is 2. The van der Waals surface area contributed by atoms with Crippen LogP contribution >= 0.6 is 0 Å². The Balaban J connectivity index is 1.52. The molecule has 2 fully saturated rings. The lowest BCUT2D eigenvalue weighted by molar-refractivity contribution is -0.133. The van der Waals surface area contributed by atoms with Crippen LogP contribution in [0.15, 0.2) is 24.3 Å². The van der Waals surface area contributed by atoms with Gasteiger partial charge < -0.3 is 15.3 Å². The topological polar surface area (TPSA) is 98.3 Å². The molecule has 0 unspecified atom stereocenters. The van der Waals surface area contributed by atoms with Crippen molar-refractivity contribution >= 4 is 22.7 Å². The van der Waals surface area contributed by atoms with Gasteiger partial charge in [0, 0.05) is 30.3 Å². The molecule has 4 atom stereocenters. The van der Waals surface area contributed by atoms with Crippen molar-refractivity contribution < 1.29 is 14.7 Å². The van der Waals surface area contributed by atoms with E-state index in [1.54, 1.807) is 6.92 Å². The van der Waals surface area contributed by atoms with E-state index in [1.165, 1.54) is 0 Å². The molecule has 1 aliphatic heterocycles. The molecule has 3 N–H and O–H groups in total. The fourth-order valence-corrected chi connectivity index (χ4v) is 5.22. The Kier molecular flexibility index (Phi) is 4.87. The maximum atomic E-state index is 12.7. The van der Waals surface area contributed by atoms with Crippen LogP contribution in [0.5, 0.6) is 0 Å². The van der Waals surface area contributed by atoms with Gasteiger partial charge in [0.15, 0.2) is 5.69 Å². The van der Waals surface area contributed by atoms with Crippen LogP contribution < -0.4 is 5.32 Å². The van der Waals surface area contributed by atoms with Gasteiger partial charge in [0.25, 0.3) is 5.91 Å². The summed E-state index contributed by atoms with van der Waals surface area (Å²) in [6.45, 7) is 4.03. The Bertz CT molecular complexity index is 895. The van der Waals surface area contributed by atoms with Crippen LogP contribution in [0.2, 0.25) is 0 Å². The van der Waals surface area contributed by atoms with E-state index in [9.17, 15) is 14.7 Å². The van der Waals surface area contributed by atoms with Gasteiger partial charge in [0.2, 0.25) is 5.91 Å². The van der Waals surface area contributed by atoms with Crippen molar-refractivity contribution in [2.45, 2.75) is 64.1 Å². The average Bonchev–Trinajstić information content (AvgIpc) is 3.19. The van der Waals surface area contributed by atoms with Gasteiger partial charge in [-0.05, 0) is 25.3 Å². The summed E-state index contributed by atoms with van der Waals surface area (Å²) < 4.78 is 0. The summed E-state index contributed by atoms with van der Waals surface area (Å²) in [4.78, 5) is 27.1. The third-order valence-electron chi connectivity index (χ3n) is 6.68. The molecule has 4 rings (SSSR count). The first-order valence-corrected chi connectivity index (χ1v) is 10.1. The number of benzene rings is 1. The molecule has 7 heteroatoms. The van der Waals surface area contributed by atoms with E-state index in [2.05, 4.69) is 22.4 Å². The van der Waals surface area contributed by atoms with E-state index in [-0.39, 0.29) is 29.3 Å². The minimum Gasteiger partial charge on any atom is -0.392 e. The van der Waals surface area contributed by atoms with E-state index >= 15 is 0 Å². The number of hydrogen-bond donors (Lipinski definition) is 3. The van der Waals surface area contributed by atoms with Gasteiger partial charge >= 0.3 is 0 Å². The predicted octanol–water partition coefficient (Wildman–Crippen LogP) is 2.22. The van der Waals surface area contributed by atoms with Gasteiger partial charge in [0.1, 0.15) is 0 Å². The number of carbonyl (C=O) groups excluding carboxylic acids is 2. The highest BCUT2D eigenvalue weighted by molar-refractivity contribution is 6.04. The number of carbonyl (C=O) groups is 2. The molecule has 150 valence electrons. The molecule has 0 bridgehead atoms. The number of hydrogen-bond acceptors (Lipinski definition) is 4. The number of H-pyrrole nitrogens is 1. The number of aliphatic hydroxyl groups is 1. The zero-order chi connectivity index (χ0) is 19.9. The summed E-state index contributed by atoms with van der Waals surface area (Å²) in [5.41, 5.74) is 0.858. The molecule has 0 radical (unpaired) electrons. The average molecular weight is 384 g/mol. The fourth-order valence-electron chi connectivity index (χ4n) is 5.22. The quantitative estimate of drug-likeness (QED) is 0.756. The Labute approximate surface area is 164 Å². The van der Waals surface area contributed by atoms with Crippen molar-refractivity contribution in [2.24, 2.45) is 5.41 Å². The molecule has 0 spiro atoms. The smallest absolute Gasteiger partial charge is 0.272 e. The largest absolute Gasteiger partial charge is 0.392 e. The van der Waals surface area contributed by atoms with Crippen molar-refractivity contribution in [3.05, 3.63) is 30.0 Å². The predicted molar refractivity (Wildman–Crippen MR) is 106 cm³/mol. The van der Waals surface area contributed by atoms with Gasteiger partial charge in [-0.3, -0.25) is 14.7 Å². The van der Waals surface area contributed by atoms with Gasteiger partial charge in [-0.15, -0.1) is 0 Å². The first-order valence-electron chi connectivity index (χ1n) is 10.1. The lowest BCUT2D eigenvalue weighted by Crippen LogP contribution is -2.48. The Morgan fingerprint density at radius 2 is 2.07 bits per heavy atom. The fraction of sp³-hybridized carbons (Fsp3) is 0.571. The number of likely N-dealkylation sites (tertiary alicyclic amines) is 1. The van der Waals surface area contributed by atoms with Crippen molar-refractivity contribution in [3.63, 3.8) is 0 Å². The molecular weight excluding hydrogens is 356 g/mol. The highest BCUT2D eigenvalue weighted by Crippen LogP contribution is 2.48. The molecule has 1 aliphatic carbocycles. The van der Waals surface area contributed by atoms with Crippen LogP contribution in [0, 0.1) is 5.41 Å². The second-order valence-electron chi connectivity index (χ2n) is 8.43. The van der Waals surface area contributed by atoms with E-state index in [1.807, 2.05) is 29.2 Å². The van der Waals surface area contributed by atoms with E-state index in [4.69, 9.17) is 0 Å². The molecule has 1 saturated heterocycles. The highest BCUT2D eigenvalue weighted by Gasteiger charge is 2.54. The number of para-hydroxylation sites is 1. The van der Waals surface area contributed by atoms with Crippen molar-refractivity contribution in [2.75, 3.05) is 6.54 Å². The molecular formula is C21H28N4O3. The lowest BCUT2D eigenvalue weighted by atomic mass is 9.75. The highest BCUT2D eigenvalue weighted by atomic mass is 16.3. The Hall–Kier alpha value is -2.41. The van der Waals surface area contributed by atoms with Crippen LogP contribution in [-0.4, -0.2) is 56.8 Å². The minimum atomic E-state index is -0.419. The minimum absolute atomic E-state index is 0.00675. The number of aromatic nitrogens is 2. The summed E-state index contributed by atoms with van der Waals surface area (Å²) in [6, 6.07) is 7.41. The third-order valence-corrected chi connectivity index (χ3v) is 6.68. The second-order valence-corrected chi connectivity index (χ2v) is 8.43. The normalized spacial score (nSPS) is 30.1. The summed E-state index contributed by atoms with van der Waals surface area (Å²) in [7, 11) is 0. The van der Waals surface area contributed by atoms with Crippen LogP contribution in [0.1, 0.15) is 56.4 Å². The number of fused-ring (bicyclic) bond motifs is 2. The van der Waals surface area contributed by atoms with E-state index < -0.39 is 6.10 Å². The van der Waals surface area contributed by atoms with E-state index in [0.29, 0.717) is 18.7 Å².